The fourth-order valence-corrected chi connectivity index (χ4v) is 6.53. The number of carbonyl (C=O) groups is 1. The Labute approximate surface area is 200 Å². The van der Waals surface area contributed by atoms with Crippen molar-refractivity contribution in [2.45, 2.75) is 49.8 Å². The van der Waals surface area contributed by atoms with Crippen molar-refractivity contribution in [2.75, 3.05) is 27.9 Å². The molecule has 1 radical (unpaired) electrons. The minimum absolute atomic E-state index is 0. The number of aliphatic hydroxyl groups excluding tert-OH is 1. The van der Waals surface area contributed by atoms with Gasteiger partial charge in [0.1, 0.15) is 12.2 Å². The first-order valence-corrected chi connectivity index (χ1v) is 10.6. The largest absolute Gasteiger partial charge is 0.466 e. The number of hydrogen-bond acceptors (Lipinski definition) is 8. The third kappa shape index (κ3) is 3.48. The fraction of sp³-hybridized carbons (Fsp3) is 0.696. The molecule has 2 fully saturated rings. The van der Waals surface area contributed by atoms with Crippen molar-refractivity contribution < 1.29 is 57.5 Å². The number of rotatable bonds is 6. The van der Waals surface area contributed by atoms with E-state index in [1.54, 1.807) is 13.0 Å². The molecule has 4 rings (SSSR count). The van der Waals surface area contributed by atoms with E-state index in [0.29, 0.717) is 6.42 Å². The van der Waals surface area contributed by atoms with Crippen molar-refractivity contribution in [3.05, 3.63) is 35.5 Å². The summed E-state index contributed by atoms with van der Waals surface area (Å²) >= 11 is 0. The van der Waals surface area contributed by atoms with Crippen molar-refractivity contribution in [3.63, 3.8) is 0 Å². The molecular weight excluding hydrogens is 455 g/mol. The predicted molar refractivity (Wildman–Crippen MR) is 109 cm³/mol. The van der Waals surface area contributed by atoms with E-state index >= 15 is 0 Å². The van der Waals surface area contributed by atoms with E-state index in [9.17, 15) is 15.0 Å². The van der Waals surface area contributed by atoms with E-state index in [2.05, 4.69) is 6.58 Å². The molecule has 6 unspecified atom stereocenters. The number of carbonyl (C=O) groups excluding carboxylic acids is 1. The Bertz CT molecular complexity index is 851. The molecule has 2 bridgehead atoms. The summed E-state index contributed by atoms with van der Waals surface area (Å²) in [5.74, 6) is -3.17. The van der Waals surface area contributed by atoms with Crippen LogP contribution < -0.4 is 0 Å². The summed E-state index contributed by atoms with van der Waals surface area (Å²) < 4.78 is 17.5. The van der Waals surface area contributed by atoms with Crippen LogP contribution in [-0.4, -0.2) is 67.2 Å². The zero-order valence-electron chi connectivity index (χ0n) is 19.2. The van der Waals surface area contributed by atoms with E-state index in [1.165, 1.54) is 21.3 Å². The second-order valence-electron chi connectivity index (χ2n) is 9.45. The topological polar surface area (TPSA) is 104 Å². The summed E-state index contributed by atoms with van der Waals surface area (Å²) in [5, 5.41) is 22.4. The number of esters is 1. The van der Waals surface area contributed by atoms with Crippen LogP contribution in [0.4, 0.5) is 0 Å². The Morgan fingerprint density at radius 2 is 2.00 bits per heavy atom. The molecule has 4 aliphatic rings. The number of aliphatic hydroxyl groups is 2. The van der Waals surface area contributed by atoms with Crippen LogP contribution in [0.1, 0.15) is 26.7 Å². The molecule has 0 aromatic carbocycles. The van der Waals surface area contributed by atoms with Gasteiger partial charge in [-0.05, 0) is 31.4 Å². The third-order valence-corrected chi connectivity index (χ3v) is 7.65. The number of hydrogen-bond donors (Lipinski definition) is 2. The zero-order valence-corrected chi connectivity index (χ0v) is 20.6. The van der Waals surface area contributed by atoms with Gasteiger partial charge in [0.05, 0.1) is 31.5 Å². The average Bonchev–Trinajstić information content (AvgIpc) is 3.14. The molecule has 2 N–H and O–H groups in total. The molecule has 2 aliphatic heterocycles. The van der Waals surface area contributed by atoms with Gasteiger partial charge < -0.3 is 24.4 Å². The Hall–Kier alpha value is -0.966. The fourth-order valence-electron chi connectivity index (χ4n) is 6.53. The summed E-state index contributed by atoms with van der Waals surface area (Å²) in [7, 11) is 4.25. The van der Waals surface area contributed by atoms with E-state index in [4.69, 9.17) is 24.0 Å². The summed E-state index contributed by atoms with van der Waals surface area (Å²) in [6.45, 7) is 8.00. The van der Waals surface area contributed by atoms with E-state index < -0.39 is 40.9 Å². The smallest absolute Gasteiger partial charge is 0.339 e. The first-order valence-electron chi connectivity index (χ1n) is 10.6. The second-order valence-corrected chi connectivity index (χ2v) is 9.45. The first-order chi connectivity index (χ1) is 14.6. The Morgan fingerprint density at radius 3 is 2.56 bits per heavy atom. The Balaban J connectivity index is 0.00000289. The van der Waals surface area contributed by atoms with E-state index in [0.717, 1.165) is 11.1 Å². The van der Waals surface area contributed by atoms with Crippen LogP contribution in [0.3, 0.4) is 0 Å². The molecule has 9 heteroatoms. The molecule has 8 nitrogen and oxygen atoms in total. The van der Waals surface area contributed by atoms with Gasteiger partial charge >= 0.3 is 5.97 Å². The van der Waals surface area contributed by atoms with Crippen LogP contribution in [0.25, 0.3) is 0 Å². The average molecular weight is 487 g/mol. The minimum atomic E-state index is -1.31. The zero-order chi connectivity index (χ0) is 22.8. The van der Waals surface area contributed by atoms with Gasteiger partial charge in [-0.15, -0.1) is 0 Å². The molecule has 0 amide bonds. The van der Waals surface area contributed by atoms with Crippen LogP contribution in [0.15, 0.2) is 35.5 Å². The second kappa shape index (κ2) is 8.67. The van der Waals surface area contributed by atoms with Crippen LogP contribution in [-0.2, 0) is 47.3 Å². The number of ether oxygens (including phenoxy) is 3. The summed E-state index contributed by atoms with van der Waals surface area (Å²) in [5.41, 5.74) is -0.296. The van der Waals surface area contributed by atoms with Crippen molar-refractivity contribution >= 4 is 5.97 Å². The first kappa shape index (κ1) is 25.7. The standard InChI is InChI=1S/C23H32O8.V/c1-12(2)14-8-23(28-5)16(20(25)27-4)9-22(31-23)15(14)7-13(11-30-29-6)18-17(24)10-21(3,26)19(18)22;/h7,9,14-15,17-19,24,26H,1,8,10-11H2,2-6H3;/t14-,15?,17?,18?,19?,21-,22?,23?;/m0./s1. The quantitative estimate of drug-likeness (QED) is 0.253. The molecule has 177 valence electrons. The predicted octanol–water partition coefficient (Wildman–Crippen LogP) is 1.67. The molecule has 1 saturated heterocycles. The molecule has 1 spiro atoms. The van der Waals surface area contributed by atoms with Crippen molar-refractivity contribution in [1.29, 1.82) is 0 Å². The van der Waals surface area contributed by atoms with E-state index in [-0.39, 0.29) is 49.0 Å². The number of fused-ring (bicyclic) bond motifs is 2. The molecule has 32 heavy (non-hydrogen) atoms. The normalized spacial score (nSPS) is 44.0. The van der Waals surface area contributed by atoms with Crippen LogP contribution >= 0.6 is 0 Å². The maximum absolute atomic E-state index is 12.8. The SMILES string of the molecule is C=C(C)[C@@H]1CC2(OC)OC3(C=C2C(=O)OC)C1C=C(COOC)C1C(O)C[C@](C)(O)C13.[V]. The summed E-state index contributed by atoms with van der Waals surface area (Å²) in [6, 6.07) is 0. The van der Waals surface area contributed by atoms with Crippen molar-refractivity contribution in [2.24, 2.45) is 23.7 Å². The maximum Gasteiger partial charge on any atom is 0.339 e. The number of allylic oxidation sites excluding steroid dienone is 1. The molecule has 0 aromatic rings. The third-order valence-electron chi connectivity index (χ3n) is 7.65. The van der Waals surface area contributed by atoms with Gasteiger partial charge in [0.25, 0.3) is 0 Å². The van der Waals surface area contributed by atoms with Crippen molar-refractivity contribution in [3.8, 4) is 0 Å². The Morgan fingerprint density at radius 1 is 1.31 bits per heavy atom. The van der Waals surface area contributed by atoms with Gasteiger partial charge in [-0.3, -0.25) is 0 Å². The summed E-state index contributed by atoms with van der Waals surface area (Å²) in [4.78, 5) is 22.8. The molecule has 2 aliphatic carbocycles. The monoisotopic (exact) mass is 487 g/mol. The van der Waals surface area contributed by atoms with E-state index in [1.807, 2.05) is 13.0 Å². The molecule has 1 saturated carbocycles. The summed E-state index contributed by atoms with van der Waals surface area (Å²) in [6.07, 6.45) is 3.56. The number of methoxy groups -OCH3 is 2. The molecule has 8 atom stereocenters. The van der Waals surface area contributed by atoms with Crippen LogP contribution in [0.2, 0.25) is 0 Å². The van der Waals surface area contributed by atoms with Crippen LogP contribution in [0.5, 0.6) is 0 Å². The van der Waals surface area contributed by atoms with Gasteiger partial charge in [-0.25, -0.2) is 14.6 Å². The van der Waals surface area contributed by atoms with Gasteiger partial charge in [0, 0.05) is 56.3 Å². The van der Waals surface area contributed by atoms with Gasteiger partial charge in [-0.2, -0.15) is 0 Å². The molecule has 0 aromatic heterocycles. The minimum Gasteiger partial charge on any atom is -0.466 e. The van der Waals surface area contributed by atoms with Gasteiger partial charge in [-0.1, -0.05) is 18.2 Å². The molecular formula is C23H32O8V. The molecule has 2 heterocycles. The maximum atomic E-state index is 12.8. The Kier molecular flexibility index (Phi) is 6.95. The van der Waals surface area contributed by atoms with Gasteiger partial charge in [0.2, 0.25) is 5.79 Å². The van der Waals surface area contributed by atoms with Crippen LogP contribution in [0, 0.1) is 23.7 Å². The van der Waals surface area contributed by atoms with Gasteiger partial charge in [0.15, 0.2) is 0 Å². The van der Waals surface area contributed by atoms with Crippen molar-refractivity contribution in [1.82, 2.24) is 0 Å².